The van der Waals surface area contributed by atoms with E-state index < -0.39 is 0 Å². The lowest BCUT2D eigenvalue weighted by atomic mass is 10.1. The molecule has 0 bridgehead atoms. The van der Waals surface area contributed by atoms with Crippen molar-refractivity contribution in [1.29, 1.82) is 0 Å². The number of pyridine rings is 1. The summed E-state index contributed by atoms with van der Waals surface area (Å²) in [5.41, 5.74) is 4.17. The molecule has 3 nitrogen and oxygen atoms in total. The van der Waals surface area contributed by atoms with Crippen molar-refractivity contribution < 1.29 is 0 Å². The lowest BCUT2D eigenvalue weighted by Gasteiger charge is -2.10. The van der Waals surface area contributed by atoms with Gasteiger partial charge >= 0.3 is 0 Å². The first-order chi connectivity index (χ1) is 10.2. The van der Waals surface area contributed by atoms with Crippen LogP contribution in [0.1, 0.15) is 17.0 Å². The smallest absolute Gasteiger partial charge is 0.160 e. The van der Waals surface area contributed by atoms with Gasteiger partial charge in [0.15, 0.2) is 5.65 Å². The molecule has 2 aromatic heterocycles. The number of alkyl halides is 1. The molecular formula is C16H15Cl2N3. The van der Waals surface area contributed by atoms with E-state index in [2.05, 4.69) is 33.6 Å². The zero-order chi connectivity index (χ0) is 14.8. The minimum absolute atomic E-state index is 0.533. The summed E-state index contributed by atoms with van der Waals surface area (Å²) in [6.07, 6.45) is 2.37. The lowest BCUT2D eigenvalue weighted by molar-refractivity contribution is 0.744. The molecule has 0 radical (unpaired) electrons. The zero-order valence-corrected chi connectivity index (χ0v) is 13.2. The maximum Gasteiger partial charge on any atom is 0.160 e. The normalized spacial score (nSPS) is 11.2. The molecule has 3 aromatic rings. The van der Waals surface area contributed by atoms with Crippen LogP contribution < -0.4 is 0 Å². The van der Waals surface area contributed by atoms with Crippen LogP contribution in [0.25, 0.3) is 11.2 Å². The monoisotopic (exact) mass is 319 g/mol. The Morgan fingerprint density at radius 3 is 2.81 bits per heavy atom. The van der Waals surface area contributed by atoms with Crippen LogP contribution in [-0.2, 0) is 13.0 Å². The summed E-state index contributed by atoms with van der Waals surface area (Å²) in [6, 6.07) is 10.2. The molecule has 0 aliphatic rings. The van der Waals surface area contributed by atoms with Crippen LogP contribution in [0.4, 0.5) is 0 Å². The minimum atomic E-state index is 0.533. The van der Waals surface area contributed by atoms with Crippen LogP contribution in [0, 0.1) is 6.92 Å². The Hall–Kier alpha value is -1.58. The first-order valence-electron chi connectivity index (χ1n) is 6.80. The highest BCUT2D eigenvalue weighted by atomic mass is 35.5. The summed E-state index contributed by atoms with van der Waals surface area (Å²) in [6.45, 7) is 2.85. The van der Waals surface area contributed by atoms with E-state index in [1.54, 1.807) is 6.20 Å². The fourth-order valence-corrected chi connectivity index (χ4v) is 2.75. The first-order valence-corrected chi connectivity index (χ1v) is 7.71. The van der Waals surface area contributed by atoms with E-state index in [4.69, 9.17) is 23.2 Å². The third kappa shape index (κ3) is 2.89. The number of nitrogens with zero attached hydrogens (tertiary/aromatic N) is 3. The molecule has 0 N–H and O–H groups in total. The predicted octanol–water partition coefficient (Wildman–Crippen LogP) is 4.22. The molecule has 0 saturated carbocycles. The Balaban J connectivity index is 2.11. The molecule has 0 saturated heterocycles. The van der Waals surface area contributed by atoms with Crippen molar-refractivity contribution in [3.05, 3.63) is 58.5 Å². The largest absolute Gasteiger partial charge is 0.308 e. The maximum atomic E-state index is 6.00. The second kappa shape index (κ2) is 6.04. The van der Waals surface area contributed by atoms with Gasteiger partial charge in [0.2, 0.25) is 0 Å². The van der Waals surface area contributed by atoms with Gasteiger partial charge in [0.25, 0.3) is 0 Å². The lowest BCUT2D eigenvalue weighted by Crippen LogP contribution is -2.07. The maximum absolute atomic E-state index is 6.00. The molecule has 0 aliphatic carbocycles. The van der Waals surface area contributed by atoms with Crippen molar-refractivity contribution >= 4 is 34.4 Å². The summed E-state index contributed by atoms with van der Waals surface area (Å²) in [4.78, 5) is 9.06. The van der Waals surface area contributed by atoms with Crippen LogP contribution in [-0.4, -0.2) is 20.4 Å². The zero-order valence-electron chi connectivity index (χ0n) is 11.7. The van der Waals surface area contributed by atoms with Gasteiger partial charge in [-0.15, -0.1) is 11.6 Å². The van der Waals surface area contributed by atoms with Gasteiger partial charge < -0.3 is 4.57 Å². The van der Waals surface area contributed by atoms with Crippen molar-refractivity contribution in [3.63, 3.8) is 0 Å². The SMILES string of the molecule is Cc1ccccc1Cn1c(CCCl)nc2cc(Cl)cnc21. The molecule has 3 rings (SSSR count). The van der Waals surface area contributed by atoms with E-state index in [1.807, 2.05) is 18.2 Å². The number of fused-ring (bicyclic) bond motifs is 1. The molecule has 0 amide bonds. The number of aryl methyl sites for hydroxylation is 2. The molecule has 0 fully saturated rings. The topological polar surface area (TPSA) is 30.7 Å². The number of benzene rings is 1. The van der Waals surface area contributed by atoms with Crippen LogP contribution in [0.15, 0.2) is 36.5 Å². The van der Waals surface area contributed by atoms with Crippen LogP contribution in [0.3, 0.4) is 0 Å². The Morgan fingerprint density at radius 2 is 2.05 bits per heavy atom. The Morgan fingerprint density at radius 1 is 1.24 bits per heavy atom. The van der Waals surface area contributed by atoms with Crippen LogP contribution in [0.2, 0.25) is 5.02 Å². The van der Waals surface area contributed by atoms with Gasteiger partial charge in [-0.05, 0) is 24.1 Å². The third-order valence-electron chi connectivity index (χ3n) is 3.54. The van der Waals surface area contributed by atoms with E-state index in [1.165, 1.54) is 11.1 Å². The molecule has 0 unspecified atom stereocenters. The fraction of sp³-hybridized carbons (Fsp3) is 0.250. The van der Waals surface area contributed by atoms with E-state index in [9.17, 15) is 0 Å². The summed E-state index contributed by atoms with van der Waals surface area (Å²) in [5, 5.41) is 0.598. The van der Waals surface area contributed by atoms with Gasteiger partial charge in [-0.25, -0.2) is 9.97 Å². The van der Waals surface area contributed by atoms with Crippen molar-refractivity contribution in [2.24, 2.45) is 0 Å². The molecular weight excluding hydrogens is 305 g/mol. The molecule has 0 spiro atoms. The van der Waals surface area contributed by atoms with Crippen molar-refractivity contribution in [2.45, 2.75) is 19.9 Å². The molecule has 108 valence electrons. The van der Waals surface area contributed by atoms with Gasteiger partial charge in [-0.1, -0.05) is 35.9 Å². The average molecular weight is 320 g/mol. The van der Waals surface area contributed by atoms with Gasteiger partial charge in [0, 0.05) is 18.5 Å². The molecule has 5 heteroatoms. The number of hydrogen-bond acceptors (Lipinski definition) is 2. The third-order valence-corrected chi connectivity index (χ3v) is 3.93. The highest BCUT2D eigenvalue weighted by molar-refractivity contribution is 6.31. The molecule has 0 atom stereocenters. The molecule has 2 heterocycles. The van der Waals surface area contributed by atoms with Crippen molar-refractivity contribution in [2.75, 3.05) is 5.88 Å². The second-order valence-electron chi connectivity index (χ2n) is 4.98. The van der Waals surface area contributed by atoms with Crippen LogP contribution >= 0.6 is 23.2 Å². The van der Waals surface area contributed by atoms with Crippen molar-refractivity contribution in [1.82, 2.24) is 14.5 Å². The number of halogens is 2. The molecule has 1 aromatic carbocycles. The van der Waals surface area contributed by atoms with Gasteiger partial charge in [-0.2, -0.15) is 0 Å². The van der Waals surface area contributed by atoms with E-state index in [-0.39, 0.29) is 0 Å². The number of imidazole rings is 1. The highest BCUT2D eigenvalue weighted by Crippen LogP contribution is 2.21. The first kappa shape index (κ1) is 14.4. The minimum Gasteiger partial charge on any atom is -0.308 e. The quantitative estimate of drug-likeness (QED) is 0.674. The summed E-state index contributed by atoms with van der Waals surface area (Å²) < 4.78 is 2.12. The molecule has 21 heavy (non-hydrogen) atoms. The van der Waals surface area contributed by atoms with E-state index in [0.29, 0.717) is 17.3 Å². The van der Waals surface area contributed by atoms with Gasteiger partial charge in [0.1, 0.15) is 11.3 Å². The van der Waals surface area contributed by atoms with Gasteiger partial charge in [-0.3, -0.25) is 0 Å². The van der Waals surface area contributed by atoms with Crippen LogP contribution in [0.5, 0.6) is 0 Å². The van der Waals surface area contributed by atoms with Gasteiger partial charge in [0.05, 0.1) is 11.6 Å². The predicted molar refractivity (Wildman–Crippen MR) is 87.2 cm³/mol. The van der Waals surface area contributed by atoms with Crippen molar-refractivity contribution in [3.8, 4) is 0 Å². The highest BCUT2D eigenvalue weighted by Gasteiger charge is 2.13. The molecule has 0 aliphatic heterocycles. The Bertz CT molecular complexity index is 780. The number of hydrogen-bond donors (Lipinski definition) is 0. The van der Waals surface area contributed by atoms with E-state index >= 15 is 0 Å². The second-order valence-corrected chi connectivity index (χ2v) is 5.79. The number of rotatable bonds is 4. The Kier molecular flexibility index (Phi) is 4.13. The fourth-order valence-electron chi connectivity index (χ4n) is 2.43. The van der Waals surface area contributed by atoms with E-state index in [0.717, 1.165) is 23.5 Å². The summed E-state index contributed by atoms with van der Waals surface area (Å²) in [5.74, 6) is 1.48. The summed E-state index contributed by atoms with van der Waals surface area (Å²) >= 11 is 11.9. The number of aromatic nitrogens is 3. The Labute approximate surface area is 133 Å². The average Bonchev–Trinajstić information content (AvgIpc) is 2.79. The standard InChI is InChI=1S/C16H15Cl2N3/c1-11-4-2-3-5-12(11)10-21-15(6-7-17)20-14-8-13(18)9-19-16(14)21/h2-5,8-9H,6-7,10H2,1H3. The summed E-state index contributed by atoms with van der Waals surface area (Å²) in [7, 11) is 0.